The van der Waals surface area contributed by atoms with Gasteiger partial charge in [0.1, 0.15) is 5.03 Å². The standard InChI is InChI=1S/C19H18N4S/c20-12-14-6-8-15(9-7-14)17-13-21-18-10-11-19(22-23(17)18)24-16-4-2-1-3-5-16/h6-11,13,16H,1-5H2. The Labute approximate surface area is 145 Å². The number of aromatic nitrogens is 3. The highest BCUT2D eigenvalue weighted by Crippen LogP contribution is 2.33. The van der Waals surface area contributed by atoms with Crippen molar-refractivity contribution in [2.75, 3.05) is 0 Å². The van der Waals surface area contributed by atoms with Gasteiger partial charge in [-0.2, -0.15) is 10.4 Å². The number of imidazole rings is 1. The number of rotatable bonds is 3. The van der Waals surface area contributed by atoms with Crippen LogP contribution in [0, 0.1) is 11.3 Å². The molecule has 1 aromatic carbocycles. The van der Waals surface area contributed by atoms with Crippen LogP contribution in [0.25, 0.3) is 16.9 Å². The van der Waals surface area contributed by atoms with Crippen molar-refractivity contribution in [2.45, 2.75) is 42.4 Å². The number of nitriles is 1. The molecule has 2 heterocycles. The molecule has 0 unspecified atom stereocenters. The zero-order chi connectivity index (χ0) is 16.4. The molecule has 120 valence electrons. The highest BCUT2D eigenvalue weighted by Gasteiger charge is 2.16. The van der Waals surface area contributed by atoms with Crippen molar-refractivity contribution in [3.8, 4) is 17.3 Å². The largest absolute Gasteiger partial charge is 0.235 e. The molecule has 1 aliphatic carbocycles. The fourth-order valence-electron chi connectivity index (χ4n) is 3.19. The lowest BCUT2D eigenvalue weighted by Gasteiger charge is -2.20. The predicted octanol–water partition coefficient (Wildman–Crippen LogP) is 4.69. The lowest BCUT2D eigenvalue weighted by atomic mass is 10.0. The van der Waals surface area contributed by atoms with Crippen molar-refractivity contribution in [3.63, 3.8) is 0 Å². The van der Waals surface area contributed by atoms with E-state index in [1.807, 2.05) is 52.8 Å². The smallest absolute Gasteiger partial charge is 0.154 e. The van der Waals surface area contributed by atoms with E-state index >= 15 is 0 Å². The summed E-state index contributed by atoms with van der Waals surface area (Å²) < 4.78 is 1.91. The van der Waals surface area contributed by atoms with Crippen molar-refractivity contribution in [1.82, 2.24) is 14.6 Å². The monoisotopic (exact) mass is 334 g/mol. The van der Waals surface area contributed by atoms with Crippen LogP contribution in [0.3, 0.4) is 0 Å². The van der Waals surface area contributed by atoms with Crippen LogP contribution in [-0.2, 0) is 0 Å². The molecule has 0 spiro atoms. The van der Waals surface area contributed by atoms with Crippen LogP contribution in [0.5, 0.6) is 0 Å². The SMILES string of the molecule is N#Cc1ccc(-c2cnc3ccc(SC4CCCCC4)nn23)cc1. The Morgan fingerprint density at radius 1 is 1.04 bits per heavy atom. The van der Waals surface area contributed by atoms with Crippen LogP contribution >= 0.6 is 11.8 Å². The van der Waals surface area contributed by atoms with Gasteiger partial charge in [-0.3, -0.25) is 0 Å². The van der Waals surface area contributed by atoms with Gasteiger partial charge in [-0.05, 0) is 37.1 Å². The second kappa shape index (κ2) is 6.66. The number of nitrogens with zero attached hydrogens (tertiary/aromatic N) is 4. The number of thioether (sulfide) groups is 1. The first-order valence-corrected chi connectivity index (χ1v) is 9.23. The zero-order valence-electron chi connectivity index (χ0n) is 13.4. The number of hydrogen-bond acceptors (Lipinski definition) is 4. The predicted molar refractivity (Wildman–Crippen MR) is 95.9 cm³/mol. The summed E-state index contributed by atoms with van der Waals surface area (Å²) in [4.78, 5) is 4.45. The molecule has 4 rings (SSSR count). The third-order valence-electron chi connectivity index (χ3n) is 4.49. The first-order valence-electron chi connectivity index (χ1n) is 8.35. The third kappa shape index (κ3) is 3.02. The summed E-state index contributed by atoms with van der Waals surface area (Å²) in [5.74, 6) is 0. The highest BCUT2D eigenvalue weighted by atomic mass is 32.2. The van der Waals surface area contributed by atoms with E-state index in [1.165, 1.54) is 32.1 Å². The molecule has 0 amide bonds. The molecule has 0 aliphatic heterocycles. The Balaban J connectivity index is 1.66. The molecule has 2 aromatic heterocycles. The van der Waals surface area contributed by atoms with Crippen LogP contribution in [0.15, 0.2) is 47.6 Å². The summed E-state index contributed by atoms with van der Waals surface area (Å²) in [5.41, 5.74) is 3.49. The Bertz CT molecular complexity index is 886. The topological polar surface area (TPSA) is 54.0 Å². The van der Waals surface area contributed by atoms with E-state index in [1.54, 1.807) is 0 Å². The summed E-state index contributed by atoms with van der Waals surface area (Å²) in [6.45, 7) is 0. The third-order valence-corrected chi connectivity index (χ3v) is 5.75. The van der Waals surface area contributed by atoms with E-state index in [4.69, 9.17) is 10.4 Å². The quantitative estimate of drug-likeness (QED) is 0.697. The first kappa shape index (κ1) is 15.2. The van der Waals surface area contributed by atoms with E-state index in [0.717, 1.165) is 21.9 Å². The van der Waals surface area contributed by atoms with Gasteiger partial charge in [-0.1, -0.05) is 31.4 Å². The molecule has 3 aromatic rings. The van der Waals surface area contributed by atoms with Gasteiger partial charge in [-0.15, -0.1) is 11.8 Å². The minimum Gasteiger partial charge on any atom is -0.235 e. The summed E-state index contributed by atoms with van der Waals surface area (Å²) >= 11 is 1.89. The molecule has 24 heavy (non-hydrogen) atoms. The maximum absolute atomic E-state index is 8.94. The molecule has 0 saturated heterocycles. The Kier molecular flexibility index (Phi) is 4.22. The van der Waals surface area contributed by atoms with Crippen LogP contribution in [0.4, 0.5) is 0 Å². The molecule has 0 radical (unpaired) electrons. The molecule has 0 atom stereocenters. The van der Waals surface area contributed by atoms with Crippen molar-refractivity contribution in [2.24, 2.45) is 0 Å². The Morgan fingerprint density at radius 3 is 2.58 bits per heavy atom. The van der Waals surface area contributed by atoms with Crippen molar-refractivity contribution >= 4 is 17.4 Å². The van der Waals surface area contributed by atoms with Gasteiger partial charge in [0.25, 0.3) is 0 Å². The first-order chi connectivity index (χ1) is 11.8. The van der Waals surface area contributed by atoms with Crippen molar-refractivity contribution in [1.29, 1.82) is 5.26 Å². The second-order valence-corrected chi connectivity index (χ2v) is 7.47. The van der Waals surface area contributed by atoms with E-state index in [9.17, 15) is 0 Å². The molecule has 0 bridgehead atoms. The van der Waals surface area contributed by atoms with Crippen LogP contribution in [0.2, 0.25) is 0 Å². The van der Waals surface area contributed by atoms with E-state index in [0.29, 0.717) is 10.8 Å². The zero-order valence-corrected chi connectivity index (χ0v) is 14.2. The van der Waals surface area contributed by atoms with Gasteiger partial charge >= 0.3 is 0 Å². The molecular weight excluding hydrogens is 316 g/mol. The molecule has 4 nitrogen and oxygen atoms in total. The fourth-order valence-corrected chi connectivity index (χ4v) is 4.37. The molecule has 1 fully saturated rings. The van der Waals surface area contributed by atoms with Gasteiger partial charge in [0.2, 0.25) is 0 Å². The van der Waals surface area contributed by atoms with Crippen LogP contribution in [0.1, 0.15) is 37.7 Å². The molecule has 1 saturated carbocycles. The van der Waals surface area contributed by atoms with Crippen molar-refractivity contribution < 1.29 is 0 Å². The Hall–Kier alpha value is -2.32. The molecule has 0 N–H and O–H groups in total. The van der Waals surface area contributed by atoms with Gasteiger partial charge in [0.05, 0.1) is 23.5 Å². The number of fused-ring (bicyclic) bond motifs is 1. The normalized spacial score (nSPS) is 15.5. The van der Waals surface area contributed by atoms with Crippen LogP contribution < -0.4 is 0 Å². The van der Waals surface area contributed by atoms with E-state index in [2.05, 4.69) is 17.1 Å². The molecule has 5 heteroatoms. The summed E-state index contributed by atoms with van der Waals surface area (Å²) in [7, 11) is 0. The van der Waals surface area contributed by atoms with E-state index < -0.39 is 0 Å². The Morgan fingerprint density at radius 2 is 1.83 bits per heavy atom. The maximum Gasteiger partial charge on any atom is 0.154 e. The average molecular weight is 334 g/mol. The van der Waals surface area contributed by atoms with Gasteiger partial charge in [0, 0.05) is 10.8 Å². The number of hydrogen-bond donors (Lipinski definition) is 0. The van der Waals surface area contributed by atoms with E-state index in [-0.39, 0.29) is 0 Å². The summed E-state index contributed by atoms with van der Waals surface area (Å²) in [5, 5.41) is 15.5. The minimum absolute atomic E-state index is 0.661. The minimum atomic E-state index is 0.661. The maximum atomic E-state index is 8.94. The van der Waals surface area contributed by atoms with Gasteiger partial charge < -0.3 is 0 Å². The lowest BCUT2D eigenvalue weighted by molar-refractivity contribution is 0.515. The lowest BCUT2D eigenvalue weighted by Crippen LogP contribution is -2.08. The molecular formula is C19H18N4S. The summed E-state index contributed by atoms with van der Waals surface area (Å²) in [6.07, 6.45) is 8.46. The summed E-state index contributed by atoms with van der Waals surface area (Å²) in [6, 6.07) is 13.8. The fraction of sp³-hybridized carbons (Fsp3) is 0.316. The average Bonchev–Trinajstić information content (AvgIpc) is 3.06. The number of benzene rings is 1. The highest BCUT2D eigenvalue weighted by molar-refractivity contribution is 7.99. The van der Waals surface area contributed by atoms with Gasteiger partial charge in [-0.25, -0.2) is 9.50 Å². The molecule has 1 aliphatic rings. The van der Waals surface area contributed by atoms with Crippen LogP contribution in [-0.4, -0.2) is 19.8 Å². The second-order valence-electron chi connectivity index (χ2n) is 6.15. The van der Waals surface area contributed by atoms with Crippen molar-refractivity contribution in [3.05, 3.63) is 48.2 Å². The van der Waals surface area contributed by atoms with Gasteiger partial charge in [0.15, 0.2) is 5.65 Å².